The molecule has 2 atom stereocenters. The largest absolute Gasteiger partial charge is 0.477 e. The molecule has 0 aliphatic heterocycles. The van der Waals surface area contributed by atoms with Crippen molar-refractivity contribution in [3.63, 3.8) is 0 Å². The Labute approximate surface area is 512 Å². The van der Waals surface area contributed by atoms with Gasteiger partial charge in [-0.15, -0.1) is 0 Å². The molecular weight excluding hydrogens is 1030 g/mol. The molecule has 0 rings (SSSR count). The van der Waals surface area contributed by atoms with Crippen LogP contribution in [0.1, 0.15) is 309 Å². The Hall–Kier alpha value is -3.53. The number of carboxylic acid groups (broad SMARTS) is 1. The summed E-state index contributed by atoms with van der Waals surface area (Å²) < 4.78 is 23.0. The van der Waals surface area contributed by atoms with Crippen LogP contribution in [0.3, 0.4) is 0 Å². The second-order valence-electron chi connectivity index (χ2n) is 24.5. The SMILES string of the molecule is CC/C=C\C/C=C\C/C=C\C/C=C\CCCCCCCCCCCCCCCCCCCCC(=O)OC(COC(=O)CCCCCCCCCCCCCC/C=C\C/C=C\C/C=C\CCCCCCC)COC(OCC[N+](C)(C)C)C(=O)O. The van der Waals surface area contributed by atoms with E-state index in [1.807, 2.05) is 21.1 Å². The Morgan fingerprint density at radius 1 is 0.373 bits per heavy atom. The smallest absolute Gasteiger partial charge is 0.361 e. The van der Waals surface area contributed by atoms with Gasteiger partial charge in [0.25, 0.3) is 6.29 Å². The van der Waals surface area contributed by atoms with E-state index >= 15 is 0 Å². The first-order chi connectivity index (χ1) is 40.6. The number of likely N-dealkylation sites (N-methyl/N-ethyl adjacent to an activating group) is 1. The third-order valence-electron chi connectivity index (χ3n) is 15.1. The number of rotatable bonds is 64. The molecule has 0 fully saturated rings. The van der Waals surface area contributed by atoms with Crippen molar-refractivity contribution in [1.29, 1.82) is 0 Å². The van der Waals surface area contributed by atoms with Gasteiger partial charge in [0, 0.05) is 12.8 Å². The molecule has 0 aliphatic rings. The molecule has 0 heterocycles. The van der Waals surface area contributed by atoms with Crippen LogP contribution in [0.25, 0.3) is 0 Å². The highest BCUT2D eigenvalue weighted by Crippen LogP contribution is 2.18. The topological polar surface area (TPSA) is 108 Å². The molecule has 1 N–H and O–H groups in total. The van der Waals surface area contributed by atoms with Gasteiger partial charge in [0.2, 0.25) is 0 Å². The van der Waals surface area contributed by atoms with E-state index in [-0.39, 0.29) is 32.2 Å². The van der Waals surface area contributed by atoms with Gasteiger partial charge < -0.3 is 28.5 Å². The van der Waals surface area contributed by atoms with Crippen LogP contribution < -0.4 is 0 Å². The Balaban J connectivity index is 4.11. The van der Waals surface area contributed by atoms with Crippen LogP contribution >= 0.6 is 0 Å². The van der Waals surface area contributed by atoms with Crippen molar-refractivity contribution in [3.05, 3.63) is 85.1 Å². The van der Waals surface area contributed by atoms with Gasteiger partial charge in [-0.3, -0.25) is 9.59 Å². The minimum Gasteiger partial charge on any atom is -0.477 e. The fourth-order valence-electron chi connectivity index (χ4n) is 9.84. The van der Waals surface area contributed by atoms with Crippen LogP contribution in [0, 0.1) is 0 Å². The number of hydrogen-bond donors (Lipinski definition) is 1. The molecule has 0 bridgehead atoms. The first-order valence-corrected chi connectivity index (χ1v) is 34.8. The number of unbranched alkanes of at least 4 members (excludes halogenated alkanes) is 35. The summed E-state index contributed by atoms with van der Waals surface area (Å²) in [6.07, 6.45) is 84.0. The van der Waals surface area contributed by atoms with Gasteiger partial charge >= 0.3 is 17.9 Å². The number of ether oxygens (including phenoxy) is 4. The van der Waals surface area contributed by atoms with Crippen LogP contribution in [0.4, 0.5) is 0 Å². The first-order valence-electron chi connectivity index (χ1n) is 34.8. The zero-order valence-electron chi connectivity index (χ0n) is 54.8. The number of nitrogens with zero attached hydrogens (tertiary/aromatic N) is 1. The number of hydrogen-bond acceptors (Lipinski definition) is 7. The molecule has 0 amide bonds. The molecule has 0 aliphatic carbocycles. The Morgan fingerprint density at radius 3 is 1.02 bits per heavy atom. The van der Waals surface area contributed by atoms with Crippen molar-refractivity contribution in [2.24, 2.45) is 0 Å². The number of allylic oxidation sites excluding steroid dienone is 14. The van der Waals surface area contributed by atoms with Gasteiger partial charge in [0.15, 0.2) is 6.10 Å². The lowest BCUT2D eigenvalue weighted by molar-refractivity contribution is -0.870. The zero-order chi connectivity index (χ0) is 60.5. The maximum Gasteiger partial charge on any atom is 0.361 e. The van der Waals surface area contributed by atoms with Crippen molar-refractivity contribution >= 4 is 17.9 Å². The second kappa shape index (κ2) is 64.5. The minimum atomic E-state index is -1.51. The van der Waals surface area contributed by atoms with Crippen molar-refractivity contribution in [2.75, 3.05) is 47.5 Å². The molecule has 0 spiro atoms. The summed E-state index contributed by atoms with van der Waals surface area (Å²) in [6.45, 7) is 4.79. The molecule has 83 heavy (non-hydrogen) atoms. The summed E-state index contributed by atoms with van der Waals surface area (Å²) in [7, 11) is 5.98. The summed E-state index contributed by atoms with van der Waals surface area (Å²) in [5.74, 6) is -1.99. The summed E-state index contributed by atoms with van der Waals surface area (Å²) >= 11 is 0. The van der Waals surface area contributed by atoms with Gasteiger partial charge in [-0.1, -0.05) is 292 Å². The number of quaternary nitrogens is 1. The average molecular weight is 1160 g/mol. The van der Waals surface area contributed by atoms with E-state index in [4.69, 9.17) is 18.9 Å². The molecular formula is C74H132NO8+. The zero-order valence-corrected chi connectivity index (χ0v) is 54.8. The number of aliphatic carboxylic acids is 1. The monoisotopic (exact) mass is 1160 g/mol. The highest BCUT2D eigenvalue weighted by atomic mass is 16.7. The highest BCUT2D eigenvalue weighted by Gasteiger charge is 2.25. The fourth-order valence-corrected chi connectivity index (χ4v) is 9.84. The van der Waals surface area contributed by atoms with Crippen LogP contribution in [-0.4, -0.2) is 87.4 Å². The molecule has 0 radical (unpaired) electrons. The lowest BCUT2D eigenvalue weighted by atomic mass is 10.0. The molecule has 480 valence electrons. The minimum absolute atomic E-state index is 0.183. The maximum atomic E-state index is 12.9. The maximum absolute atomic E-state index is 12.9. The molecule has 0 aromatic rings. The van der Waals surface area contributed by atoms with Gasteiger partial charge in [0.05, 0.1) is 34.4 Å². The summed E-state index contributed by atoms with van der Waals surface area (Å²) in [5, 5.41) is 9.75. The number of carboxylic acids is 1. The summed E-state index contributed by atoms with van der Waals surface area (Å²) in [5.41, 5.74) is 0. The summed E-state index contributed by atoms with van der Waals surface area (Å²) in [4.78, 5) is 37.6. The Morgan fingerprint density at radius 2 is 0.687 bits per heavy atom. The fraction of sp³-hybridized carbons (Fsp3) is 0.770. The predicted octanol–water partition coefficient (Wildman–Crippen LogP) is 21.5. The third-order valence-corrected chi connectivity index (χ3v) is 15.1. The van der Waals surface area contributed by atoms with Gasteiger partial charge in [-0.05, 0) is 89.9 Å². The van der Waals surface area contributed by atoms with Crippen LogP contribution in [0.2, 0.25) is 0 Å². The van der Waals surface area contributed by atoms with Crippen molar-refractivity contribution in [3.8, 4) is 0 Å². The quantitative estimate of drug-likeness (QED) is 0.0211. The van der Waals surface area contributed by atoms with Gasteiger partial charge in [-0.25, -0.2) is 4.79 Å². The molecule has 0 saturated heterocycles. The normalized spacial score (nSPS) is 13.2. The highest BCUT2D eigenvalue weighted by molar-refractivity contribution is 5.71. The van der Waals surface area contributed by atoms with Crippen molar-refractivity contribution < 1.29 is 42.9 Å². The van der Waals surface area contributed by atoms with E-state index in [9.17, 15) is 19.5 Å². The standard InChI is InChI=1S/C74H131NO8/c1-6-8-10-12-14-16-18-20-22-24-26-28-30-32-34-35-36-37-39-41-43-45-47-49-51-53-55-57-59-61-63-65-72(77)83-70(69-82-74(73(78)79)80-67-66-75(3,4)5)68-81-71(76)64-62-60-58-56-54-52-50-48-46-44-42-40-38-33-31-29-27-25-23-21-19-17-15-13-11-9-7-2/h8,10,14,16,19-22,25-28,31,33,70,74H,6-7,9,11-13,15,17-18,23-24,29-30,32,34-69H2,1-5H3/p+1/b10-8-,16-14-,21-19-,22-20-,27-25-,28-26-,33-31-. The lowest BCUT2D eigenvalue weighted by Gasteiger charge is -2.25. The molecule has 2 unspecified atom stereocenters. The predicted molar refractivity (Wildman–Crippen MR) is 355 cm³/mol. The van der Waals surface area contributed by atoms with E-state index in [1.165, 1.54) is 205 Å². The average Bonchev–Trinajstić information content (AvgIpc) is 3.46. The van der Waals surface area contributed by atoms with Crippen LogP contribution in [0.5, 0.6) is 0 Å². The number of esters is 2. The molecule has 0 aromatic heterocycles. The molecule has 0 saturated carbocycles. The third kappa shape index (κ3) is 65.9. The van der Waals surface area contributed by atoms with E-state index < -0.39 is 24.3 Å². The summed E-state index contributed by atoms with van der Waals surface area (Å²) in [6, 6.07) is 0. The van der Waals surface area contributed by atoms with Crippen molar-refractivity contribution in [2.45, 2.75) is 322 Å². The molecule has 0 aromatic carbocycles. The molecule has 9 nitrogen and oxygen atoms in total. The van der Waals surface area contributed by atoms with E-state index in [0.29, 0.717) is 17.4 Å². The van der Waals surface area contributed by atoms with E-state index in [1.54, 1.807) is 0 Å². The van der Waals surface area contributed by atoms with E-state index in [2.05, 4.69) is 98.9 Å². The van der Waals surface area contributed by atoms with Gasteiger partial charge in [0.1, 0.15) is 13.2 Å². The first kappa shape index (κ1) is 79.5. The number of carbonyl (C=O) groups is 3. The number of carbonyl (C=O) groups excluding carboxylic acids is 2. The van der Waals surface area contributed by atoms with Crippen LogP contribution in [0.15, 0.2) is 85.1 Å². The molecule has 9 heteroatoms. The van der Waals surface area contributed by atoms with Crippen LogP contribution in [-0.2, 0) is 33.3 Å². The van der Waals surface area contributed by atoms with E-state index in [0.717, 1.165) is 77.0 Å². The second-order valence-corrected chi connectivity index (χ2v) is 24.5. The van der Waals surface area contributed by atoms with Gasteiger partial charge in [-0.2, -0.15) is 0 Å². The Bertz CT molecular complexity index is 1640. The Kier molecular flexibility index (Phi) is 61.7. The van der Waals surface area contributed by atoms with Crippen molar-refractivity contribution in [1.82, 2.24) is 0 Å². The lowest BCUT2D eigenvalue weighted by Crippen LogP contribution is -2.40.